The normalized spacial score (nSPS) is 11.5. The molecule has 0 radical (unpaired) electrons. The number of aromatic amines is 2. The molecule has 0 unspecified atom stereocenters. The van der Waals surface area contributed by atoms with Gasteiger partial charge in [0, 0.05) is 17.3 Å². The lowest BCUT2D eigenvalue weighted by molar-refractivity contribution is -0.116. The maximum absolute atomic E-state index is 14.2. The van der Waals surface area contributed by atoms with Crippen LogP contribution in [0.1, 0.15) is 5.56 Å². The van der Waals surface area contributed by atoms with Gasteiger partial charge in [-0.2, -0.15) is 5.10 Å². The first-order chi connectivity index (χ1) is 18.8. The van der Waals surface area contributed by atoms with Gasteiger partial charge in [-0.15, -0.1) is 0 Å². The van der Waals surface area contributed by atoms with Gasteiger partial charge in [0.1, 0.15) is 11.3 Å². The first-order valence-electron chi connectivity index (χ1n) is 12.4. The average Bonchev–Trinajstić information content (AvgIpc) is 3.51. The average molecular weight is 521 g/mol. The standard InChI is InChI=1S/C29H25FN8O/c1-16-9-17(11-19(30)10-16)21-5-4-6-23-26(21)35-29(34-23)28-27-24(36-37-28)8-7-22(33-27)18-12-20(14-31-13-18)32-25(39)15-38(2)3/h4-14H,15H2,1-3H3,(H,32,39)(H,34,35)(H,36,37). The first-order valence-corrected chi connectivity index (χ1v) is 12.4. The summed E-state index contributed by atoms with van der Waals surface area (Å²) in [5, 5.41) is 10.4. The zero-order valence-electron chi connectivity index (χ0n) is 21.6. The number of halogens is 1. The molecule has 6 rings (SSSR count). The van der Waals surface area contributed by atoms with Crippen LogP contribution < -0.4 is 5.32 Å². The molecule has 2 aromatic carbocycles. The second kappa shape index (κ2) is 9.73. The van der Waals surface area contributed by atoms with E-state index in [2.05, 4.69) is 25.5 Å². The molecule has 0 saturated heterocycles. The molecule has 6 aromatic rings. The number of carbonyl (C=O) groups is 1. The Kier molecular flexibility index (Phi) is 6.08. The van der Waals surface area contributed by atoms with Gasteiger partial charge in [-0.3, -0.25) is 14.9 Å². The number of carbonyl (C=O) groups excluding carboxylic acids is 1. The molecule has 0 saturated carbocycles. The van der Waals surface area contributed by atoms with Gasteiger partial charge >= 0.3 is 0 Å². The van der Waals surface area contributed by atoms with Crippen molar-refractivity contribution in [3.05, 3.63) is 78.4 Å². The highest BCUT2D eigenvalue weighted by molar-refractivity contribution is 5.97. The number of rotatable bonds is 6. The van der Waals surface area contributed by atoms with Crippen molar-refractivity contribution in [3.63, 3.8) is 0 Å². The number of hydrogen-bond acceptors (Lipinski definition) is 6. The van der Waals surface area contributed by atoms with Crippen LogP contribution in [0.25, 0.3) is 56.0 Å². The summed E-state index contributed by atoms with van der Waals surface area (Å²) < 4.78 is 14.2. The van der Waals surface area contributed by atoms with Gasteiger partial charge in [0.25, 0.3) is 0 Å². The van der Waals surface area contributed by atoms with Gasteiger partial charge in [0.05, 0.1) is 40.7 Å². The summed E-state index contributed by atoms with van der Waals surface area (Å²) >= 11 is 0. The molecule has 39 heavy (non-hydrogen) atoms. The van der Waals surface area contributed by atoms with Crippen LogP contribution in [0.4, 0.5) is 10.1 Å². The monoisotopic (exact) mass is 520 g/mol. The third kappa shape index (κ3) is 4.85. The highest BCUT2D eigenvalue weighted by Crippen LogP contribution is 2.32. The number of aryl methyl sites for hydroxylation is 1. The van der Waals surface area contributed by atoms with Crippen molar-refractivity contribution in [2.75, 3.05) is 26.0 Å². The number of H-pyrrole nitrogens is 2. The summed E-state index contributed by atoms with van der Waals surface area (Å²) in [6.07, 6.45) is 3.30. The summed E-state index contributed by atoms with van der Waals surface area (Å²) in [7, 11) is 3.67. The van der Waals surface area contributed by atoms with E-state index in [1.54, 1.807) is 17.3 Å². The molecule has 0 bridgehead atoms. The maximum Gasteiger partial charge on any atom is 0.238 e. The van der Waals surface area contributed by atoms with Gasteiger partial charge in [0.2, 0.25) is 5.91 Å². The summed E-state index contributed by atoms with van der Waals surface area (Å²) in [6.45, 7) is 2.13. The van der Waals surface area contributed by atoms with Gasteiger partial charge in [-0.1, -0.05) is 18.2 Å². The number of benzene rings is 2. The molecule has 0 aliphatic heterocycles. The molecule has 3 N–H and O–H groups in total. The number of likely N-dealkylation sites (N-methyl/N-ethyl adjacent to an activating group) is 1. The molecular formula is C29H25FN8O. The number of imidazole rings is 1. The van der Waals surface area contributed by atoms with E-state index in [-0.39, 0.29) is 18.3 Å². The van der Waals surface area contributed by atoms with E-state index in [1.807, 2.05) is 63.5 Å². The van der Waals surface area contributed by atoms with Gasteiger partial charge in [-0.25, -0.2) is 14.4 Å². The largest absolute Gasteiger partial charge is 0.336 e. The summed E-state index contributed by atoms with van der Waals surface area (Å²) in [4.78, 5) is 31.3. The quantitative estimate of drug-likeness (QED) is 0.279. The van der Waals surface area contributed by atoms with Crippen molar-refractivity contribution in [2.45, 2.75) is 6.92 Å². The zero-order chi connectivity index (χ0) is 27.1. The minimum Gasteiger partial charge on any atom is -0.336 e. The Morgan fingerprint density at radius 3 is 2.67 bits per heavy atom. The number of pyridine rings is 2. The molecule has 0 fully saturated rings. The van der Waals surface area contributed by atoms with Crippen LogP contribution in [0.5, 0.6) is 0 Å². The van der Waals surface area contributed by atoms with Crippen LogP contribution in [0.3, 0.4) is 0 Å². The van der Waals surface area contributed by atoms with E-state index in [0.29, 0.717) is 28.4 Å². The SMILES string of the molecule is Cc1cc(F)cc(-c2cccc3[nH]c(-c4n[nH]c5ccc(-c6cncc(NC(=O)CN(C)C)c6)nc45)nc23)c1. The number of aromatic nitrogens is 6. The van der Waals surface area contributed by atoms with Crippen LogP contribution >= 0.6 is 0 Å². The van der Waals surface area contributed by atoms with E-state index in [4.69, 9.17) is 9.97 Å². The second-order valence-corrected chi connectivity index (χ2v) is 9.72. The molecule has 0 spiro atoms. The van der Waals surface area contributed by atoms with E-state index in [9.17, 15) is 9.18 Å². The van der Waals surface area contributed by atoms with E-state index < -0.39 is 0 Å². The number of para-hydroxylation sites is 1. The third-order valence-corrected chi connectivity index (χ3v) is 6.28. The van der Waals surface area contributed by atoms with Crippen LogP contribution in [-0.4, -0.2) is 61.6 Å². The molecule has 0 aliphatic carbocycles. The molecule has 0 aliphatic rings. The second-order valence-electron chi connectivity index (χ2n) is 9.72. The first kappa shape index (κ1) is 24.4. The topological polar surface area (TPSA) is 115 Å². The Morgan fingerprint density at radius 2 is 1.85 bits per heavy atom. The summed E-state index contributed by atoms with van der Waals surface area (Å²) in [5.41, 5.74) is 7.90. The molecule has 0 atom stereocenters. The summed E-state index contributed by atoms with van der Waals surface area (Å²) in [6, 6.07) is 16.3. The fourth-order valence-electron chi connectivity index (χ4n) is 4.63. The van der Waals surface area contributed by atoms with E-state index >= 15 is 0 Å². The predicted octanol–water partition coefficient (Wildman–Crippen LogP) is 5.18. The smallest absolute Gasteiger partial charge is 0.238 e. The van der Waals surface area contributed by atoms with Gasteiger partial charge in [0.15, 0.2) is 11.5 Å². The summed E-state index contributed by atoms with van der Waals surface area (Å²) in [5.74, 6) is 0.130. The molecule has 9 nitrogen and oxygen atoms in total. The molecule has 194 valence electrons. The minimum atomic E-state index is -0.288. The van der Waals surface area contributed by atoms with E-state index in [1.165, 1.54) is 12.1 Å². The van der Waals surface area contributed by atoms with Crippen LogP contribution in [0, 0.1) is 12.7 Å². The number of fused-ring (bicyclic) bond motifs is 2. The number of hydrogen-bond donors (Lipinski definition) is 3. The highest BCUT2D eigenvalue weighted by Gasteiger charge is 2.17. The Balaban J connectivity index is 1.39. The molecule has 10 heteroatoms. The van der Waals surface area contributed by atoms with Crippen molar-refractivity contribution < 1.29 is 9.18 Å². The number of anilines is 1. The maximum atomic E-state index is 14.2. The van der Waals surface area contributed by atoms with Gasteiger partial charge < -0.3 is 15.2 Å². The van der Waals surface area contributed by atoms with Crippen molar-refractivity contribution in [3.8, 4) is 33.9 Å². The fraction of sp³-hybridized carbons (Fsp3) is 0.138. The van der Waals surface area contributed by atoms with Crippen molar-refractivity contribution in [1.82, 2.24) is 35.0 Å². The highest BCUT2D eigenvalue weighted by atomic mass is 19.1. The van der Waals surface area contributed by atoms with Crippen molar-refractivity contribution >= 4 is 33.7 Å². The van der Waals surface area contributed by atoms with Crippen molar-refractivity contribution in [1.29, 1.82) is 0 Å². The third-order valence-electron chi connectivity index (χ3n) is 6.28. The predicted molar refractivity (Wildman–Crippen MR) is 150 cm³/mol. The Labute approximate surface area is 223 Å². The lowest BCUT2D eigenvalue weighted by Gasteiger charge is -2.10. The molecular weight excluding hydrogens is 495 g/mol. The number of nitrogens with one attached hydrogen (secondary N) is 3. The number of amides is 1. The Bertz CT molecular complexity index is 1840. The Hall–Kier alpha value is -4.96. The fourth-order valence-corrected chi connectivity index (χ4v) is 4.63. The molecule has 4 aromatic heterocycles. The lowest BCUT2D eigenvalue weighted by Crippen LogP contribution is -2.27. The lowest BCUT2D eigenvalue weighted by atomic mass is 10.0. The van der Waals surface area contributed by atoms with Crippen LogP contribution in [0.2, 0.25) is 0 Å². The Morgan fingerprint density at radius 1 is 0.974 bits per heavy atom. The van der Waals surface area contributed by atoms with Crippen LogP contribution in [-0.2, 0) is 4.79 Å². The minimum absolute atomic E-state index is 0.128. The van der Waals surface area contributed by atoms with Gasteiger partial charge in [-0.05, 0) is 68.5 Å². The molecule has 1 amide bonds. The van der Waals surface area contributed by atoms with Crippen molar-refractivity contribution in [2.24, 2.45) is 0 Å². The van der Waals surface area contributed by atoms with E-state index in [0.717, 1.165) is 38.8 Å². The zero-order valence-corrected chi connectivity index (χ0v) is 21.6. The van der Waals surface area contributed by atoms with Crippen LogP contribution in [0.15, 0.2) is 67.0 Å². The molecule has 4 heterocycles. The number of nitrogens with zero attached hydrogens (tertiary/aromatic N) is 5.